The molecular formula is C14H11NS. The Morgan fingerprint density at radius 2 is 2.00 bits per heavy atom. The predicted molar refractivity (Wildman–Crippen MR) is 65.6 cm³/mol. The molecule has 0 bridgehead atoms. The highest BCUT2D eigenvalue weighted by atomic mass is 32.1. The van der Waals surface area contributed by atoms with Gasteiger partial charge in [-0.3, -0.25) is 0 Å². The van der Waals surface area contributed by atoms with Crippen LogP contribution >= 0.6 is 11.3 Å². The molecule has 1 heterocycles. The Hall–Kier alpha value is -1.59. The summed E-state index contributed by atoms with van der Waals surface area (Å²) in [7, 11) is 0. The van der Waals surface area contributed by atoms with Crippen LogP contribution in [-0.2, 0) is 12.8 Å². The summed E-state index contributed by atoms with van der Waals surface area (Å²) < 4.78 is 0. The van der Waals surface area contributed by atoms with Crippen LogP contribution in [0.5, 0.6) is 0 Å². The zero-order valence-corrected chi connectivity index (χ0v) is 9.63. The lowest BCUT2D eigenvalue weighted by molar-refractivity contribution is 0.982. The average molecular weight is 225 g/mol. The van der Waals surface area contributed by atoms with Gasteiger partial charge in [-0.25, -0.2) is 0 Å². The lowest BCUT2D eigenvalue weighted by Gasteiger charge is -2.10. The van der Waals surface area contributed by atoms with Crippen molar-refractivity contribution in [1.82, 2.24) is 0 Å². The lowest BCUT2D eigenvalue weighted by Crippen LogP contribution is -1.99. The topological polar surface area (TPSA) is 23.8 Å². The van der Waals surface area contributed by atoms with E-state index in [4.69, 9.17) is 0 Å². The van der Waals surface area contributed by atoms with Gasteiger partial charge in [-0.1, -0.05) is 24.3 Å². The van der Waals surface area contributed by atoms with Crippen LogP contribution in [-0.4, -0.2) is 0 Å². The van der Waals surface area contributed by atoms with Gasteiger partial charge in [-0.2, -0.15) is 5.26 Å². The molecule has 2 heteroatoms. The van der Waals surface area contributed by atoms with Crippen LogP contribution in [0.4, 0.5) is 0 Å². The molecule has 0 amide bonds. The van der Waals surface area contributed by atoms with Crippen molar-refractivity contribution in [1.29, 1.82) is 5.26 Å². The molecule has 1 aliphatic carbocycles. The van der Waals surface area contributed by atoms with E-state index in [0.717, 1.165) is 12.8 Å². The maximum absolute atomic E-state index is 9.38. The van der Waals surface area contributed by atoms with Crippen LogP contribution in [0.15, 0.2) is 35.7 Å². The van der Waals surface area contributed by atoms with Gasteiger partial charge in [0.1, 0.15) is 0 Å². The summed E-state index contributed by atoms with van der Waals surface area (Å²) in [6.07, 6.45) is 2.13. The molecule has 1 aromatic carbocycles. The highest BCUT2D eigenvalue weighted by Gasteiger charge is 2.23. The standard InChI is InChI=1S/C14H11NS/c15-9-13-11-4-2-1-3-10(11)5-6-14-12(13)7-8-16-14/h1-4,7-8,13H,5-6H2. The molecule has 78 valence electrons. The SMILES string of the molecule is N#CC1c2ccccc2CCc2sccc21. The Bertz CT molecular complexity index is 562. The Kier molecular flexibility index (Phi) is 2.27. The van der Waals surface area contributed by atoms with Gasteiger partial charge in [0, 0.05) is 4.88 Å². The Morgan fingerprint density at radius 3 is 2.88 bits per heavy atom. The molecule has 0 N–H and O–H groups in total. The van der Waals surface area contributed by atoms with Crippen molar-refractivity contribution in [3.63, 3.8) is 0 Å². The number of nitriles is 1. The molecule has 0 fully saturated rings. The summed E-state index contributed by atoms with van der Waals surface area (Å²) >= 11 is 1.78. The van der Waals surface area contributed by atoms with Crippen LogP contribution in [0.3, 0.4) is 0 Å². The van der Waals surface area contributed by atoms with Crippen molar-refractivity contribution in [3.05, 3.63) is 57.3 Å². The number of thiophene rings is 1. The minimum absolute atomic E-state index is 0.0695. The summed E-state index contributed by atoms with van der Waals surface area (Å²) in [5.41, 5.74) is 3.75. The van der Waals surface area contributed by atoms with Gasteiger partial charge in [-0.15, -0.1) is 11.3 Å². The first kappa shape index (κ1) is 9.62. The van der Waals surface area contributed by atoms with Crippen LogP contribution in [0.2, 0.25) is 0 Å². The molecular weight excluding hydrogens is 214 g/mol. The van der Waals surface area contributed by atoms with Crippen LogP contribution in [0, 0.1) is 11.3 Å². The molecule has 1 nitrogen and oxygen atoms in total. The van der Waals surface area contributed by atoms with Crippen molar-refractivity contribution in [3.8, 4) is 6.07 Å². The van der Waals surface area contributed by atoms with Gasteiger partial charge in [0.05, 0.1) is 12.0 Å². The van der Waals surface area contributed by atoms with E-state index < -0.39 is 0 Å². The number of aryl methyl sites for hydroxylation is 2. The second kappa shape index (κ2) is 3.77. The normalized spacial score (nSPS) is 18.1. The number of fused-ring (bicyclic) bond motifs is 2. The largest absolute Gasteiger partial charge is 0.197 e. The number of hydrogen-bond acceptors (Lipinski definition) is 2. The van der Waals surface area contributed by atoms with Crippen molar-refractivity contribution >= 4 is 11.3 Å². The maximum Gasteiger partial charge on any atom is 0.0976 e. The summed E-state index contributed by atoms with van der Waals surface area (Å²) in [6.45, 7) is 0. The smallest absolute Gasteiger partial charge is 0.0976 e. The summed E-state index contributed by atoms with van der Waals surface area (Å²) in [6, 6.07) is 12.9. The third-order valence-electron chi connectivity index (χ3n) is 3.21. The van der Waals surface area contributed by atoms with Crippen molar-refractivity contribution in [2.75, 3.05) is 0 Å². The van der Waals surface area contributed by atoms with Gasteiger partial charge >= 0.3 is 0 Å². The summed E-state index contributed by atoms with van der Waals surface area (Å²) in [4.78, 5) is 1.38. The molecule has 0 spiro atoms. The van der Waals surface area contributed by atoms with E-state index in [9.17, 15) is 5.26 Å². The first-order valence-corrected chi connectivity index (χ1v) is 6.32. The lowest BCUT2D eigenvalue weighted by atomic mass is 9.91. The number of hydrogen-bond donors (Lipinski definition) is 0. The molecule has 0 saturated carbocycles. The molecule has 2 aromatic rings. The molecule has 0 radical (unpaired) electrons. The second-order valence-electron chi connectivity index (χ2n) is 4.06. The molecule has 16 heavy (non-hydrogen) atoms. The third kappa shape index (κ3) is 1.36. The minimum Gasteiger partial charge on any atom is -0.197 e. The second-order valence-corrected chi connectivity index (χ2v) is 5.06. The zero-order valence-electron chi connectivity index (χ0n) is 8.81. The van der Waals surface area contributed by atoms with Crippen molar-refractivity contribution in [2.24, 2.45) is 0 Å². The fraction of sp³-hybridized carbons (Fsp3) is 0.214. The molecule has 3 rings (SSSR count). The van der Waals surface area contributed by atoms with Crippen LogP contribution in [0.25, 0.3) is 0 Å². The monoisotopic (exact) mass is 225 g/mol. The van der Waals surface area contributed by atoms with Crippen LogP contribution in [0.1, 0.15) is 27.5 Å². The molecule has 1 aromatic heterocycles. The minimum atomic E-state index is -0.0695. The summed E-state index contributed by atoms with van der Waals surface area (Å²) in [5.74, 6) is -0.0695. The van der Waals surface area contributed by atoms with Gasteiger partial charge in [0.15, 0.2) is 0 Å². The van der Waals surface area contributed by atoms with E-state index in [0.29, 0.717) is 0 Å². The van der Waals surface area contributed by atoms with E-state index in [2.05, 4.69) is 35.7 Å². The van der Waals surface area contributed by atoms with Gasteiger partial charge in [0.2, 0.25) is 0 Å². The Morgan fingerprint density at radius 1 is 1.12 bits per heavy atom. The number of nitrogens with zero attached hydrogens (tertiary/aromatic N) is 1. The molecule has 1 unspecified atom stereocenters. The number of rotatable bonds is 0. The maximum atomic E-state index is 9.38. The zero-order chi connectivity index (χ0) is 11.0. The molecule has 0 aliphatic heterocycles. The average Bonchev–Trinajstić information content (AvgIpc) is 2.72. The first-order valence-electron chi connectivity index (χ1n) is 5.44. The van der Waals surface area contributed by atoms with E-state index in [1.165, 1.54) is 21.6 Å². The highest BCUT2D eigenvalue weighted by molar-refractivity contribution is 7.10. The van der Waals surface area contributed by atoms with E-state index in [1.54, 1.807) is 11.3 Å². The van der Waals surface area contributed by atoms with E-state index >= 15 is 0 Å². The van der Waals surface area contributed by atoms with E-state index in [-0.39, 0.29) is 5.92 Å². The van der Waals surface area contributed by atoms with Crippen molar-refractivity contribution in [2.45, 2.75) is 18.8 Å². The van der Waals surface area contributed by atoms with E-state index in [1.807, 2.05) is 6.07 Å². The van der Waals surface area contributed by atoms with Gasteiger partial charge < -0.3 is 0 Å². The third-order valence-corrected chi connectivity index (χ3v) is 4.20. The Labute approximate surface area is 99.0 Å². The fourth-order valence-electron chi connectivity index (χ4n) is 2.41. The van der Waals surface area contributed by atoms with Crippen molar-refractivity contribution < 1.29 is 0 Å². The van der Waals surface area contributed by atoms with Gasteiger partial charge in [-0.05, 0) is 41.0 Å². The number of benzene rings is 1. The molecule has 0 saturated heterocycles. The molecule has 1 aliphatic rings. The highest BCUT2D eigenvalue weighted by Crippen LogP contribution is 2.36. The quantitative estimate of drug-likeness (QED) is 0.673. The van der Waals surface area contributed by atoms with Crippen LogP contribution < -0.4 is 0 Å². The van der Waals surface area contributed by atoms with Gasteiger partial charge in [0.25, 0.3) is 0 Å². The first-order chi connectivity index (χ1) is 7.90. The molecule has 1 atom stereocenters. The predicted octanol–water partition coefficient (Wildman–Crippen LogP) is 3.50. The Balaban J connectivity index is 2.22. The fourth-order valence-corrected chi connectivity index (χ4v) is 3.33. The summed E-state index contributed by atoms with van der Waals surface area (Å²) in [5, 5.41) is 11.5.